The zero-order valence-electron chi connectivity index (χ0n) is 16.2. The highest BCUT2D eigenvalue weighted by atomic mass is 16.3. The van der Waals surface area contributed by atoms with Crippen molar-refractivity contribution in [2.75, 3.05) is 16.3 Å². The minimum absolute atomic E-state index is 0.00574. The van der Waals surface area contributed by atoms with Crippen LogP contribution in [0, 0.1) is 20.8 Å². The first-order chi connectivity index (χ1) is 13.5. The number of amides is 2. The predicted molar refractivity (Wildman–Crippen MR) is 108 cm³/mol. The highest BCUT2D eigenvalue weighted by Crippen LogP contribution is 2.36. The van der Waals surface area contributed by atoms with Gasteiger partial charge in [0.15, 0.2) is 6.04 Å². The van der Waals surface area contributed by atoms with Crippen LogP contribution in [0.4, 0.5) is 11.4 Å². The molecule has 2 amide bonds. The Morgan fingerprint density at radius 1 is 0.893 bits per heavy atom. The summed E-state index contributed by atoms with van der Waals surface area (Å²) in [7, 11) is 0. The van der Waals surface area contributed by atoms with Gasteiger partial charge in [-0.15, -0.1) is 0 Å². The molecule has 0 N–H and O–H groups in total. The SMILES string of the molecule is Cc1ccc(C2C(=O)N(c3cccc(C)c3C)CC(=O)N2c2ccccc2)o1. The molecule has 1 fully saturated rings. The van der Waals surface area contributed by atoms with Gasteiger partial charge in [-0.25, -0.2) is 0 Å². The van der Waals surface area contributed by atoms with E-state index in [2.05, 4.69) is 0 Å². The van der Waals surface area contributed by atoms with E-state index < -0.39 is 6.04 Å². The second kappa shape index (κ2) is 7.00. The van der Waals surface area contributed by atoms with Crippen molar-refractivity contribution in [3.63, 3.8) is 0 Å². The fourth-order valence-corrected chi connectivity index (χ4v) is 3.65. The van der Waals surface area contributed by atoms with Gasteiger partial charge in [-0.3, -0.25) is 14.5 Å². The second-order valence-corrected chi connectivity index (χ2v) is 7.09. The number of carbonyl (C=O) groups excluding carboxylic acids is 2. The van der Waals surface area contributed by atoms with E-state index in [0.29, 0.717) is 17.2 Å². The van der Waals surface area contributed by atoms with E-state index in [9.17, 15) is 9.59 Å². The average Bonchev–Trinajstić information content (AvgIpc) is 3.12. The number of carbonyl (C=O) groups is 2. The Balaban J connectivity index is 1.83. The molecule has 0 bridgehead atoms. The molecule has 28 heavy (non-hydrogen) atoms. The minimum Gasteiger partial charge on any atom is -0.464 e. The Labute approximate surface area is 164 Å². The highest BCUT2D eigenvalue weighted by Gasteiger charge is 2.43. The van der Waals surface area contributed by atoms with Gasteiger partial charge < -0.3 is 9.32 Å². The smallest absolute Gasteiger partial charge is 0.258 e. The number of nitrogens with zero attached hydrogens (tertiary/aromatic N) is 2. The number of hydrogen-bond acceptors (Lipinski definition) is 3. The van der Waals surface area contributed by atoms with Gasteiger partial charge in [0.1, 0.15) is 18.1 Å². The lowest BCUT2D eigenvalue weighted by atomic mass is 10.0. The molecule has 0 radical (unpaired) electrons. The largest absolute Gasteiger partial charge is 0.464 e. The molecule has 0 saturated carbocycles. The molecule has 1 atom stereocenters. The maximum absolute atomic E-state index is 13.6. The first kappa shape index (κ1) is 18.0. The number of piperazine rings is 1. The van der Waals surface area contributed by atoms with Crippen molar-refractivity contribution < 1.29 is 14.0 Å². The van der Waals surface area contributed by atoms with Gasteiger partial charge in [-0.1, -0.05) is 30.3 Å². The third kappa shape index (κ3) is 2.99. The van der Waals surface area contributed by atoms with Crippen LogP contribution in [0.3, 0.4) is 0 Å². The van der Waals surface area contributed by atoms with Crippen molar-refractivity contribution in [1.29, 1.82) is 0 Å². The zero-order chi connectivity index (χ0) is 19.8. The number of furan rings is 1. The number of rotatable bonds is 3. The summed E-state index contributed by atoms with van der Waals surface area (Å²) < 4.78 is 5.79. The average molecular weight is 374 g/mol. The molecule has 142 valence electrons. The Morgan fingerprint density at radius 2 is 1.64 bits per heavy atom. The van der Waals surface area contributed by atoms with E-state index in [1.165, 1.54) is 0 Å². The third-order valence-corrected chi connectivity index (χ3v) is 5.25. The highest BCUT2D eigenvalue weighted by molar-refractivity contribution is 6.14. The molecule has 1 aliphatic heterocycles. The maximum atomic E-state index is 13.6. The summed E-state index contributed by atoms with van der Waals surface area (Å²) in [6.45, 7) is 5.79. The summed E-state index contributed by atoms with van der Waals surface area (Å²) in [6, 6.07) is 17.8. The van der Waals surface area contributed by atoms with Gasteiger partial charge >= 0.3 is 0 Å². The van der Waals surface area contributed by atoms with Crippen LogP contribution in [0.1, 0.15) is 28.7 Å². The molecule has 0 aliphatic carbocycles. The lowest BCUT2D eigenvalue weighted by Crippen LogP contribution is -2.56. The van der Waals surface area contributed by atoms with E-state index >= 15 is 0 Å². The van der Waals surface area contributed by atoms with Crippen LogP contribution in [0.15, 0.2) is 65.1 Å². The number of aryl methyl sites for hydroxylation is 2. The Kier molecular flexibility index (Phi) is 4.51. The van der Waals surface area contributed by atoms with Crippen LogP contribution in [-0.4, -0.2) is 18.4 Å². The molecule has 0 spiro atoms. The number of hydrogen-bond donors (Lipinski definition) is 0. The first-order valence-corrected chi connectivity index (χ1v) is 9.28. The van der Waals surface area contributed by atoms with Crippen molar-refractivity contribution in [3.8, 4) is 0 Å². The minimum atomic E-state index is -0.836. The van der Waals surface area contributed by atoms with Crippen LogP contribution in [0.25, 0.3) is 0 Å². The van der Waals surface area contributed by atoms with E-state index in [4.69, 9.17) is 4.42 Å². The standard InChI is InChI=1S/C23H22N2O3/c1-15-8-7-11-19(17(15)3)24-14-21(26)25(18-9-5-4-6-10-18)22(23(24)27)20-13-12-16(2)28-20/h4-13,22H,14H2,1-3H3. The van der Waals surface area contributed by atoms with Crippen LogP contribution in [-0.2, 0) is 9.59 Å². The predicted octanol–water partition coefficient (Wildman–Crippen LogP) is 4.33. The summed E-state index contributed by atoms with van der Waals surface area (Å²) in [5, 5.41) is 0. The summed E-state index contributed by atoms with van der Waals surface area (Å²) in [5.41, 5.74) is 3.51. The molecular weight excluding hydrogens is 352 g/mol. The third-order valence-electron chi connectivity index (χ3n) is 5.25. The van der Waals surface area contributed by atoms with Gasteiger partial charge in [0.05, 0.1) is 0 Å². The molecule has 2 aromatic carbocycles. The molecule has 1 aromatic heterocycles. The summed E-state index contributed by atoms with van der Waals surface area (Å²) in [5.74, 6) is 0.846. The summed E-state index contributed by atoms with van der Waals surface area (Å²) in [4.78, 5) is 29.9. The van der Waals surface area contributed by atoms with Crippen molar-refractivity contribution in [3.05, 3.63) is 83.3 Å². The van der Waals surface area contributed by atoms with Crippen LogP contribution in [0.2, 0.25) is 0 Å². The Hall–Kier alpha value is -3.34. The van der Waals surface area contributed by atoms with Crippen LogP contribution in [0.5, 0.6) is 0 Å². The van der Waals surface area contributed by atoms with Crippen molar-refractivity contribution in [2.45, 2.75) is 26.8 Å². The molecule has 5 nitrogen and oxygen atoms in total. The quantitative estimate of drug-likeness (QED) is 0.686. The van der Waals surface area contributed by atoms with Crippen molar-refractivity contribution >= 4 is 23.2 Å². The molecule has 1 aliphatic rings. The molecule has 1 saturated heterocycles. The normalized spacial score (nSPS) is 17.3. The zero-order valence-corrected chi connectivity index (χ0v) is 16.2. The van der Waals surface area contributed by atoms with E-state index in [1.807, 2.05) is 75.4 Å². The summed E-state index contributed by atoms with van der Waals surface area (Å²) >= 11 is 0. The van der Waals surface area contributed by atoms with Gasteiger partial charge in [0.2, 0.25) is 5.91 Å². The molecule has 2 heterocycles. The molecule has 4 rings (SSSR count). The van der Waals surface area contributed by atoms with E-state index in [0.717, 1.165) is 16.8 Å². The molecule has 3 aromatic rings. The molecular formula is C23H22N2O3. The van der Waals surface area contributed by atoms with Crippen LogP contribution < -0.4 is 9.80 Å². The monoisotopic (exact) mass is 374 g/mol. The van der Waals surface area contributed by atoms with Gasteiger partial charge in [-0.2, -0.15) is 0 Å². The Morgan fingerprint density at radius 3 is 2.32 bits per heavy atom. The van der Waals surface area contributed by atoms with Gasteiger partial charge in [0, 0.05) is 11.4 Å². The molecule has 5 heteroatoms. The van der Waals surface area contributed by atoms with Crippen LogP contribution >= 0.6 is 0 Å². The fourth-order valence-electron chi connectivity index (χ4n) is 3.65. The topological polar surface area (TPSA) is 53.8 Å². The molecule has 1 unspecified atom stereocenters. The number of anilines is 2. The number of benzene rings is 2. The second-order valence-electron chi connectivity index (χ2n) is 7.09. The van der Waals surface area contributed by atoms with Gasteiger partial charge in [0.25, 0.3) is 5.91 Å². The van der Waals surface area contributed by atoms with E-state index in [-0.39, 0.29) is 18.4 Å². The van der Waals surface area contributed by atoms with Crippen molar-refractivity contribution in [1.82, 2.24) is 0 Å². The lowest BCUT2D eigenvalue weighted by Gasteiger charge is -2.39. The Bertz CT molecular complexity index is 1040. The van der Waals surface area contributed by atoms with E-state index in [1.54, 1.807) is 15.9 Å². The van der Waals surface area contributed by atoms with Gasteiger partial charge in [-0.05, 0) is 62.2 Å². The summed E-state index contributed by atoms with van der Waals surface area (Å²) in [6.07, 6.45) is 0. The maximum Gasteiger partial charge on any atom is 0.258 e. The lowest BCUT2D eigenvalue weighted by molar-refractivity contribution is -0.129. The fraction of sp³-hybridized carbons (Fsp3) is 0.217. The first-order valence-electron chi connectivity index (χ1n) is 9.28. The number of para-hydroxylation sites is 1. The van der Waals surface area contributed by atoms with Crippen molar-refractivity contribution in [2.24, 2.45) is 0 Å².